The Morgan fingerprint density at radius 1 is 1.00 bits per heavy atom. The number of nitrogens with two attached hydrogens (primary N) is 1. The van der Waals surface area contributed by atoms with E-state index in [2.05, 4.69) is 17.9 Å². The molecular formula is C28H34N2O4. The number of benzene rings is 3. The van der Waals surface area contributed by atoms with Gasteiger partial charge in [0.15, 0.2) is 0 Å². The molecule has 6 heteroatoms. The molecule has 4 N–H and O–H groups in total. The van der Waals surface area contributed by atoms with Gasteiger partial charge in [0.2, 0.25) is 5.91 Å². The van der Waals surface area contributed by atoms with Gasteiger partial charge >= 0.3 is 0 Å². The number of aliphatic hydroxyl groups excluding tert-OH is 2. The highest BCUT2D eigenvalue weighted by Gasteiger charge is 2.22. The van der Waals surface area contributed by atoms with Crippen LogP contribution >= 0.6 is 0 Å². The van der Waals surface area contributed by atoms with Crippen LogP contribution in [0.5, 0.6) is 5.75 Å². The van der Waals surface area contributed by atoms with Crippen molar-refractivity contribution in [1.29, 1.82) is 0 Å². The molecule has 180 valence electrons. The van der Waals surface area contributed by atoms with E-state index in [9.17, 15) is 15.0 Å². The van der Waals surface area contributed by atoms with Crippen molar-refractivity contribution in [2.45, 2.75) is 38.3 Å². The van der Waals surface area contributed by atoms with Gasteiger partial charge in [0, 0.05) is 30.4 Å². The molecule has 0 saturated carbocycles. The molecule has 6 nitrogen and oxygen atoms in total. The second-order valence-electron chi connectivity index (χ2n) is 8.40. The van der Waals surface area contributed by atoms with Crippen molar-refractivity contribution < 1.29 is 19.7 Å². The smallest absolute Gasteiger partial charge is 0.248 e. The van der Waals surface area contributed by atoms with Gasteiger partial charge in [-0.1, -0.05) is 49.4 Å². The van der Waals surface area contributed by atoms with Crippen LogP contribution in [0.3, 0.4) is 0 Å². The monoisotopic (exact) mass is 462 g/mol. The Balaban J connectivity index is 1.80. The summed E-state index contributed by atoms with van der Waals surface area (Å²) in [7, 11) is 0. The summed E-state index contributed by atoms with van der Waals surface area (Å²) >= 11 is 0. The summed E-state index contributed by atoms with van der Waals surface area (Å²) in [5.74, 6) is 0.280. The fourth-order valence-corrected chi connectivity index (χ4v) is 4.03. The lowest BCUT2D eigenvalue weighted by molar-refractivity contribution is 0.1000. The van der Waals surface area contributed by atoms with Crippen LogP contribution in [0.2, 0.25) is 0 Å². The lowest BCUT2D eigenvalue weighted by atomic mass is 9.99. The number of aliphatic hydroxyl groups is 2. The van der Waals surface area contributed by atoms with Crippen LogP contribution in [0.15, 0.2) is 78.9 Å². The molecule has 0 unspecified atom stereocenters. The van der Waals surface area contributed by atoms with Gasteiger partial charge in [-0.05, 0) is 66.8 Å². The van der Waals surface area contributed by atoms with Crippen molar-refractivity contribution in [1.82, 2.24) is 0 Å². The van der Waals surface area contributed by atoms with E-state index in [4.69, 9.17) is 10.5 Å². The molecular weight excluding hydrogens is 428 g/mol. The molecule has 0 spiro atoms. The first kappa shape index (κ1) is 25.3. The van der Waals surface area contributed by atoms with Gasteiger partial charge < -0.3 is 25.6 Å². The normalized spacial score (nSPS) is 12.7. The van der Waals surface area contributed by atoms with E-state index in [1.165, 1.54) is 0 Å². The summed E-state index contributed by atoms with van der Waals surface area (Å²) in [6.45, 7) is 2.79. The molecule has 3 aromatic carbocycles. The van der Waals surface area contributed by atoms with Gasteiger partial charge in [0.25, 0.3) is 0 Å². The van der Waals surface area contributed by atoms with Crippen molar-refractivity contribution in [3.05, 3.63) is 95.6 Å². The third-order valence-electron chi connectivity index (χ3n) is 5.86. The number of rotatable bonds is 13. The fourth-order valence-electron chi connectivity index (χ4n) is 4.03. The summed E-state index contributed by atoms with van der Waals surface area (Å²) < 4.78 is 5.78. The lowest BCUT2D eigenvalue weighted by Crippen LogP contribution is -2.43. The van der Waals surface area contributed by atoms with Crippen LogP contribution in [0.4, 0.5) is 5.69 Å². The Hall–Kier alpha value is -3.35. The molecule has 0 heterocycles. The van der Waals surface area contributed by atoms with Gasteiger partial charge in [0.05, 0.1) is 0 Å². The average Bonchev–Trinajstić information content (AvgIpc) is 2.86. The lowest BCUT2D eigenvalue weighted by Gasteiger charge is -2.35. The van der Waals surface area contributed by atoms with E-state index in [1.807, 2.05) is 60.7 Å². The number of amides is 1. The number of para-hydroxylation sites is 1. The number of primary amides is 1. The third kappa shape index (κ3) is 7.33. The van der Waals surface area contributed by atoms with Crippen LogP contribution in [0, 0.1) is 0 Å². The number of ether oxygens (including phenoxy) is 1. The first-order valence-electron chi connectivity index (χ1n) is 11.7. The fraction of sp³-hybridized carbons (Fsp3) is 0.321. The molecule has 34 heavy (non-hydrogen) atoms. The van der Waals surface area contributed by atoms with Crippen LogP contribution in [0.25, 0.3) is 0 Å². The van der Waals surface area contributed by atoms with Crippen molar-refractivity contribution in [2.24, 2.45) is 5.73 Å². The van der Waals surface area contributed by atoms with E-state index >= 15 is 0 Å². The third-order valence-corrected chi connectivity index (χ3v) is 5.86. The first-order chi connectivity index (χ1) is 16.5. The van der Waals surface area contributed by atoms with E-state index < -0.39 is 12.0 Å². The summed E-state index contributed by atoms with van der Waals surface area (Å²) in [5, 5.41) is 20.2. The molecule has 0 radical (unpaired) electrons. The Morgan fingerprint density at radius 2 is 1.74 bits per heavy atom. The van der Waals surface area contributed by atoms with Crippen LogP contribution in [0.1, 0.15) is 34.8 Å². The predicted molar refractivity (Wildman–Crippen MR) is 135 cm³/mol. The minimum absolute atomic E-state index is 0.0837. The number of hydrogen-bond acceptors (Lipinski definition) is 5. The van der Waals surface area contributed by atoms with Crippen LogP contribution in [-0.2, 0) is 12.8 Å². The van der Waals surface area contributed by atoms with Gasteiger partial charge in [0.1, 0.15) is 18.5 Å². The summed E-state index contributed by atoms with van der Waals surface area (Å²) in [6, 6.07) is 25.0. The van der Waals surface area contributed by atoms with Crippen molar-refractivity contribution in [3.63, 3.8) is 0 Å². The highest BCUT2D eigenvalue weighted by atomic mass is 16.5. The standard InChI is InChI=1S/C28H34N2O4/c1-2-24(17-22-11-13-23(14-12-22)28(29)33)30(25-8-6-7-21(18-25)15-16-31)19-26(32)20-34-27-9-4-3-5-10-27/h3-14,18,24,26,31-32H,2,15-17,19-20H2,1H3,(H2,29,33)/t24-,26-/m0/s1. The number of hydrogen-bond donors (Lipinski definition) is 3. The second-order valence-corrected chi connectivity index (χ2v) is 8.40. The maximum Gasteiger partial charge on any atom is 0.248 e. The zero-order valence-electron chi connectivity index (χ0n) is 19.6. The van der Waals surface area contributed by atoms with Gasteiger partial charge in [-0.25, -0.2) is 0 Å². The highest BCUT2D eigenvalue weighted by Crippen LogP contribution is 2.24. The molecule has 0 aromatic heterocycles. The Morgan fingerprint density at radius 3 is 2.38 bits per heavy atom. The molecule has 0 aliphatic carbocycles. The molecule has 0 fully saturated rings. The van der Waals surface area contributed by atoms with E-state index in [-0.39, 0.29) is 19.3 Å². The summed E-state index contributed by atoms with van der Waals surface area (Å²) in [4.78, 5) is 13.6. The van der Waals surface area contributed by atoms with E-state index in [1.54, 1.807) is 12.1 Å². The quantitative estimate of drug-likeness (QED) is 0.361. The predicted octanol–water partition coefficient (Wildman–Crippen LogP) is 3.59. The molecule has 0 aliphatic heterocycles. The van der Waals surface area contributed by atoms with Gasteiger partial charge in [-0.2, -0.15) is 0 Å². The van der Waals surface area contributed by atoms with Crippen molar-refractivity contribution in [2.75, 3.05) is 24.7 Å². The highest BCUT2D eigenvalue weighted by molar-refractivity contribution is 5.92. The first-order valence-corrected chi connectivity index (χ1v) is 11.7. The summed E-state index contributed by atoms with van der Waals surface area (Å²) in [6.07, 6.45) is 1.47. The number of nitrogens with zero attached hydrogens (tertiary/aromatic N) is 1. The van der Waals surface area contributed by atoms with Crippen LogP contribution in [-0.4, -0.2) is 48.0 Å². The summed E-state index contributed by atoms with van der Waals surface area (Å²) in [5.41, 5.74) is 8.98. The SMILES string of the molecule is CC[C@@H](Cc1ccc(C(N)=O)cc1)N(C[C@H](O)COc1ccccc1)c1cccc(CCO)c1. The number of anilines is 1. The number of carbonyl (C=O) groups is 1. The maximum absolute atomic E-state index is 11.4. The largest absolute Gasteiger partial charge is 0.491 e. The Bertz CT molecular complexity index is 1020. The van der Waals surface area contributed by atoms with E-state index in [0.717, 1.165) is 35.4 Å². The molecule has 0 aliphatic rings. The van der Waals surface area contributed by atoms with Crippen molar-refractivity contribution >= 4 is 11.6 Å². The number of carbonyl (C=O) groups excluding carboxylic acids is 1. The topological polar surface area (TPSA) is 96.0 Å². The molecule has 2 atom stereocenters. The average molecular weight is 463 g/mol. The molecule has 0 saturated heterocycles. The second kappa shape index (κ2) is 12.8. The molecule has 0 bridgehead atoms. The Kier molecular flexibility index (Phi) is 9.50. The van der Waals surface area contributed by atoms with Gasteiger partial charge in [-0.3, -0.25) is 4.79 Å². The van der Waals surface area contributed by atoms with Gasteiger partial charge in [-0.15, -0.1) is 0 Å². The zero-order valence-corrected chi connectivity index (χ0v) is 19.6. The minimum atomic E-state index is -0.701. The van der Waals surface area contributed by atoms with E-state index in [0.29, 0.717) is 18.5 Å². The molecule has 1 amide bonds. The maximum atomic E-state index is 11.4. The minimum Gasteiger partial charge on any atom is -0.491 e. The van der Waals surface area contributed by atoms with Crippen molar-refractivity contribution in [3.8, 4) is 5.75 Å². The Labute approximate surface area is 201 Å². The van der Waals surface area contributed by atoms with Crippen LogP contribution < -0.4 is 15.4 Å². The molecule has 3 rings (SSSR count). The molecule has 3 aromatic rings. The zero-order chi connectivity index (χ0) is 24.3.